The number of morpholine rings is 1. The molecule has 1 aliphatic rings. The average molecular weight is 210 g/mol. The number of nitrogens with zero attached hydrogens (tertiary/aromatic N) is 1. The van der Waals surface area contributed by atoms with Crippen LogP contribution in [0.1, 0.15) is 5.56 Å². The van der Waals surface area contributed by atoms with Gasteiger partial charge < -0.3 is 10.5 Å². The number of benzene rings is 1. The molecule has 0 radical (unpaired) electrons. The molecule has 0 amide bonds. The lowest BCUT2D eigenvalue weighted by molar-refractivity contribution is -0.0275. The van der Waals surface area contributed by atoms with Crippen LogP contribution in [0.5, 0.6) is 0 Å². The van der Waals surface area contributed by atoms with Gasteiger partial charge in [-0.05, 0) is 17.7 Å². The Hall–Kier alpha value is -0.970. The third-order valence-electron chi connectivity index (χ3n) is 2.50. The Kier molecular flexibility index (Phi) is 3.30. The molecule has 82 valence electrons. The van der Waals surface area contributed by atoms with Crippen LogP contribution in [0.25, 0.3) is 0 Å². The van der Waals surface area contributed by atoms with E-state index in [2.05, 4.69) is 4.90 Å². The van der Waals surface area contributed by atoms with Gasteiger partial charge in [-0.1, -0.05) is 12.1 Å². The second kappa shape index (κ2) is 4.70. The van der Waals surface area contributed by atoms with Gasteiger partial charge in [0.1, 0.15) is 12.0 Å². The molecule has 1 aliphatic heterocycles. The normalized spacial score (nSPS) is 22.9. The molecule has 0 aliphatic carbocycles. The van der Waals surface area contributed by atoms with Crippen molar-refractivity contribution in [3.05, 3.63) is 35.6 Å². The molecule has 4 heteroatoms. The molecular weight excluding hydrogens is 195 g/mol. The first-order valence-corrected chi connectivity index (χ1v) is 5.08. The van der Waals surface area contributed by atoms with Crippen LogP contribution >= 0.6 is 0 Å². The van der Waals surface area contributed by atoms with Crippen LogP contribution in [0, 0.1) is 5.82 Å². The number of nitrogens with two attached hydrogens (primary N) is 1. The SMILES string of the molecule is NC1CN(Cc2ccc(F)cc2)CCO1. The highest BCUT2D eigenvalue weighted by Gasteiger charge is 2.16. The summed E-state index contributed by atoms with van der Waals surface area (Å²) in [5, 5.41) is 0. The third kappa shape index (κ3) is 2.99. The van der Waals surface area contributed by atoms with Gasteiger partial charge in [0, 0.05) is 19.6 Å². The first-order valence-electron chi connectivity index (χ1n) is 5.08. The third-order valence-corrected chi connectivity index (χ3v) is 2.50. The summed E-state index contributed by atoms with van der Waals surface area (Å²) >= 11 is 0. The second-order valence-corrected chi connectivity index (χ2v) is 3.77. The molecule has 1 atom stereocenters. The number of hydrogen-bond acceptors (Lipinski definition) is 3. The van der Waals surface area contributed by atoms with Crippen LogP contribution in [0.15, 0.2) is 24.3 Å². The lowest BCUT2D eigenvalue weighted by Gasteiger charge is -2.30. The summed E-state index contributed by atoms with van der Waals surface area (Å²) in [4.78, 5) is 2.21. The van der Waals surface area contributed by atoms with Gasteiger partial charge in [0.2, 0.25) is 0 Å². The van der Waals surface area contributed by atoms with Gasteiger partial charge in [0.15, 0.2) is 0 Å². The monoisotopic (exact) mass is 210 g/mol. The maximum absolute atomic E-state index is 12.7. The Bertz CT molecular complexity index is 315. The van der Waals surface area contributed by atoms with Gasteiger partial charge in [-0.25, -0.2) is 4.39 Å². The molecule has 2 rings (SSSR count). The van der Waals surface area contributed by atoms with E-state index in [1.807, 2.05) is 0 Å². The van der Waals surface area contributed by atoms with Crippen molar-refractivity contribution in [1.29, 1.82) is 0 Å². The van der Waals surface area contributed by atoms with Crippen LogP contribution < -0.4 is 5.73 Å². The predicted octanol–water partition coefficient (Wildman–Crippen LogP) is 0.943. The minimum atomic E-state index is -0.197. The molecule has 3 nitrogen and oxygen atoms in total. The number of ether oxygens (including phenoxy) is 1. The van der Waals surface area contributed by atoms with E-state index in [1.54, 1.807) is 12.1 Å². The quantitative estimate of drug-likeness (QED) is 0.789. The Morgan fingerprint density at radius 2 is 2.13 bits per heavy atom. The Morgan fingerprint density at radius 1 is 1.40 bits per heavy atom. The fraction of sp³-hybridized carbons (Fsp3) is 0.455. The molecule has 1 heterocycles. The van der Waals surface area contributed by atoms with E-state index in [-0.39, 0.29) is 12.0 Å². The lowest BCUT2D eigenvalue weighted by atomic mass is 10.2. The van der Waals surface area contributed by atoms with Gasteiger partial charge in [-0.2, -0.15) is 0 Å². The Labute approximate surface area is 88.6 Å². The molecule has 1 aromatic carbocycles. The molecule has 0 spiro atoms. The summed E-state index contributed by atoms with van der Waals surface area (Å²) in [6.07, 6.45) is -0.195. The van der Waals surface area contributed by atoms with Crippen molar-refractivity contribution in [1.82, 2.24) is 4.90 Å². The molecule has 0 bridgehead atoms. The molecule has 1 aromatic rings. The predicted molar refractivity (Wildman–Crippen MR) is 55.6 cm³/mol. The fourth-order valence-corrected chi connectivity index (χ4v) is 1.72. The summed E-state index contributed by atoms with van der Waals surface area (Å²) in [6.45, 7) is 3.09. The molecule has 0 aromatic heterocycles. The average Bonchev–Trinajstić information content (AvgIpc) is 2.22. The Balaban J connectivity index is 1.93. The van der Waals surface area contributed by atoms with Crippen LogP contribution in [0.3, 0.4) is 0 Å². The van der Waals surface area contributed by atoms with Crippen molar-refractivity contribution in [3.63, 3.8) is 0 Å². The standard InChI is InChI=1S/C11H15FN2O/c12-10-3-1-9(2-4-10)7-14-5-6-15-11(13)8-14/h1-4,11H,5-8,13H2. The summed E-state index contributed by atoms with van der Waals surface area (Å²) < 4.78 is 17.9. The van der Waals surface area contributed by atoms with E-state index in [1.165, 1.54) is 12.1 Å². The maximum Gasteiger partial charge on any atom is 0.123 e. The zero-order valence-electron chi connectivity index (χ0n) is 8.53. The van der Waals surface area contributed by atoms with Gasteiger partial charge in [-0.15, -0.1) is 0 Å². The molecule has 15 heavy (non-hydrogen) atoms. The molecular formula is C11H15FN2O. The summed E-state index contributed by atoms with van der Waals surface area (Å²) in [5.74, 6) is -0.197. The topological polar surface area (TPSA) is 38.5 Å². The van der Waals surface area contributed by atoms with Crippen LogP contribution in [0.4, 0.5) is 4.39 Å². The summed E-state index contributed by atoms with van der Waals surface area (Å²) in [5.41, 5.74) is 6.78. The van der Waals surface area contributed by atoms with Crippen molar-refractivity contribution >= 4 is 0 Å². The van der Waals surface area contributed by atoms with Gasteiger partial charge in [0.05, 0.1) is 6.61 Å². The molecule has 2 N–H and O–H groups in total. The van der Waals surface area contributed by atoms with Gasteiger partial charge in [-0.3, -0.25) is 4.90 Å². The largest absolute Gasteiger partial charge is 0.361 e. The number of halogens is 1. The van der Waals surface area contributed by atoms with Crippen molar-refractivity contribution in [3.8, 4) is 0 Å². The van der Waals surface area contributed by atoms with E-state index in [4.69, 9.17) is 10.5 Å². The van der Waals surface area contributed by atoms with Crippen molar-refractivity contribution in [2.24, 2.45) is 5.73 Å². The van der Waals surface area contributed by atoms with Crippen LogP contribution in [-0.2, 0) is 11.3 Å². The minimum absolute atomic E-state index is 0.195. The van der Waals surface area contributed by atoms with Crippen LogP contribution in [0.2, 0.25) is 0 Å². The molecule has 1 saturated heterocycles. The highest BCUT2D eigenvalue weighted by Crippen LogP contribution is 2.09. The van der Waals surface area contributed by atoms with Gasteiger partial charge in [0.25, 0.3) is 0 Å². The first-order chi connectivity index (χ1) is 7.24. The second-order valence-electron chi connectivity index (χ2n) is 3.77. The van der Waals surface area contributed by atoms with E-state index < -0.39 is 0 Å². The highest BCUT2D eigenvalue weighted by atomic mass is 19.1. The molecule has 0 saturated carbocycles. The zero-order valence-corrected chi connectivity index (χ0v) is 8.53. The van der Waals surface area contributed by atoms with E-state index >= 15 is 0 Å². The smallest absolute Gasteiger partial charge is 0.123 e. The van der Waals surface area contributed by atoms with E-state index in [0.29, 0.717) is 6.61 Å². The van der Waals surface area contributed by atoms with Crippen LogP contribution in [-0.4, -0.2) is 30.8 Å². The first kappa shape index (κ1) is 10.5. The summed E-state index contributed by atoms with van der Waals surface area (Å²) in [7, 11) is 0. The fourth-order valence-electron chi connectivity index (χ4n) is 1.72. The summed E-state index contributed by atoms with van der Waals surface area (Å²) in [6, 6.07) is 6.57. The molecule has 1 fully saturated rings. The maximum atomic E-state index is 12.7. The van der Waals surface area contributed by atoms with Gasteiger partial charge >= 0.3 is 0 Å². The molecule has 1 unspecified atom stereocenters. The number of hydrogen-bond donors (Lipinski definition) is 1. The van der Waals surface area contributed by atoms with Crippen molar-refractivity contribution in [2.75, 3.05) is 19.7 Å². The number of rotatable bonds is 2. The Morgan fingerprint density at radius 3 is 2.80 bits per heavy atom. The van der Waals surface area contributed by atoms with E-state index in [9.17, 15) is 4.39 Å². The minimum Gasteiger partial charge on any atom is -0.361 e. The zero-order chi connectivity index (χ0) is 10.7. The highest BCUT2D eigenvalue weighted by molar-refractivity contribution is 5.15. The lowest BCUT2D eigenvalue weighted by Crippen LogP contribution is -2.46. The van der Waals surface area contributed by atoms with Crippen molar-refractivity contribution in [2.45, 2.75) is 12.8 Å². The van der Waals surface area contributed by atoms with E-state index in [0.717, 1.165) is 25.2 Å². The van der Waals surface area contributed by atoms with Crippen molar-refractivity contribution < 1.29 is 9.13 Å².